The van der Waals surface area contributed by atoms with Crippen LogP contribution < -0.4 is 22.1 Å². The highest BCUT2D eigenvalue weighted by Crippen LogP contribution is 2.34. The van der Waals surface area contributed by atoms with E-state index < -0.39 is 24.0 Å². The number of imidazole rings is 1. The van der Waals surface area contributed by atoms with Gasteiger partial charge in [0.25, 0.3) is 0 Å². The fraction of sp³-hybridized carbons (Fsp3) is 0.571. The lowest BCUT2D eigenvalue weighted by Gasteiger charge is -2.27. The predicted octanol–water partition coefficient (Wildman–Crippen LogP) is 3.49. The van der Waals surface area contributed by atoms with E-state index in [4.69, 9.17) is 16.0 Å². The van der Waals surface area contributed by atoms with E-state index >= 15 is 0 Å². The predicted molar refractivity (Wildman–Crippen MR) is 185 cm³/mol. The number of phenolic OH excluding ortho intramolecular Hbond substituents is 1. The Bertz CT molecular complexity index is 1500. The number of nitrogen functional groups attached to an aromatic ring is 1. The second kappa shape index (κ2) is 17.3. The second-order valence-electron chi connectivity index (χ2n) is 13.5. The maximum atomic E-state index is 14.1. The number of carbonyl (C=O) groups is 2. The lowest BCUT2D eigenvalue weighted by Crippen LogP contribution is -2.53. The SMILES string of the molecule is C=C1CC(CCc2noc([C@H](CCCCN(C)C)NC(=O)[C@H](Cc3c(C)cc(O)cc3C)NC(=O)[C@H](N)CCCn3ccnc3N)n2)C1. The van der Waals surface area contributed by atoms with Crippen molar-refractivity contribution in [2.45, 2.75) is 103 Å². The molecule has 0 aliphatic heterocycles. The number of nitrogens with zero attached hydrogens (tertiary/aromatic N) is 5. The summed E-state index contributed by atoms with van der Waals surface area (Å²) in [7, 11) is 4.05. The van der Waals surface area contributed by atoms with Gasteiger partial charge in [0.2, 0.25) is 17.7 Å². The molecule has 2 aromatic heterocycles. The van der Waals surface area contributed by atoms with Crippen molar-refractivity contribution < 1.29 is 19.2 Å². The van der Waals surface area contributed by atoms with E-state index in [0.29, 0.717) is 55.8 Å². The molecule has 1 aromatic carbocycles. The minimum atomic E-state index is -0.937. The van der Waals surface area contributed by atoms with E-state index in [1.165, 1.54) is 5.57 Å². The summed E-state index contributed by atoms with van der Waals surface area (Å²) in [5, 5.41) is 20.4. The number of hydrogen-bond donors (Lipinski definition) is 5. The second-order valence-corrected chi connectivity index (χ2v) is 13.5. The molecule has 1 aliphatic rings. The molecule has 13 nitrogen and oxygen atoms in total. The number of amides is 2. The number of nitrogens with two attached hydrogens (primary N) is 2. The van der Waals surface area contributed by atoms with Gasteiger partial charge in [0, 0.05) is 31.8 Å². The quantitative estimate of drug-likeness (QED) is 0.0937. The topological polar surface area (TPSA) is 190 Å². The van der Waals surface area contributed by atoms with Crippen molar-refractivity contribution in [3.8, 4) is 5.75 Å². The number of phenols is 1. The summed E-state index contributed by atoms with van der Waals surface area (Å²) in [6, 6.07) is 1.01. The first-order valence-electron chi connectivity index (χ1n) is 17.0. The molecular formula is C35H53N9O4. The maximum Gasteiger partial charge on any atom is 0.249 e. The Labute approximate surface area is 283 Å². The minimum Gasteiger partial charge on any atom is -0.508 e. The van der Waals surface area contributed by atoms with Gasteiger partial charge in [-0.15, -0.1) is 0 Å². The minimum absolute atomic E-state index is 0.145. The number of aromatic hydroxyl groups is 1. The zero-order chi connectivity index (χ0) is 34.8. The Hall–Kier alpha value is -4.23. The first kappa shape index (κ1) is 36.6. The first-order valence-corrected chi connectivity index (χ1v) is 17.0. The van der Waals surface area contributed by atoms with Crippen molar-refractivity contribution in [2.24, 2.45) is 11.7 Å². The van der Waals surface area contributed by atoms with Crippen molar-refractivity contribution in [3.05, 3.63) is 65.1 Å². The zero-order valence-corrected chi connectivity index (χ0v) is 28.9. The largest absolute Gasteiger partial charge is 0.508 e. The molecule has 4 rings (SSSR count). The molecule has 3 atom stereocenters. The summed E-state index contributed by atoms with van der Waals surface area (Å²) in [5.74, 6) is 1.33. The van der Waals surface area contributed by atoms with Crippen LogP contribution in [0.3, 0.4) is 0 Å². The number of allylic oxidation sites excluding steroid dienone is 1. The Balaban J connectivity index is 1.48. The van der Waals surface area contributed by atoms with Crippen LogP contribution in [0.1, 0.15) is 85.8 Å². The molecule has 13 heteroatoms. The van der Waals surface area contributed by atoms with Gasteiger partial charge in [0.15, 0.2) is 11.8 Å². The van der Waals surface area contributed by atoms with Gasteiger partial charge in [-0.25, -0.2) is 4.98 Å². The average molecular weight is 664 g/mol. The van der Waals surface area contributed by atoms with Crippen molar-refractivity contribution >= 4 is 17.8 Å². The van der Waals surface area contributed by atoms with Crippen LogP contribution in [-0.2, 0) is 29.0 Å². The van der Waals surface area contributed by atoms with Gasteiger partial charge in [0.05, 0.1) is 6.04 Å². The number of hydrogen-bond acceptors (Lipinski definition) is 10. The van der Waals surface area contributed by atoms with Gasteiger partial charge in [-0.3, -0.25) is 9.59 Å². The third kappa shape index (κ3) is 10.6. The maximum absolute atomic E-state index is 14.1. The summed E-state index contributed by atoms with van der Waals surface area (Å²) in [6.45, 7) is 9.26. The van der Waals surface area contributed by atoms with Crippen LogP contribution in [0, 0.1) is 19.8 Å². The van der Waals surface area contributed by atoms with Gasteiger partial charge in [0.1, 0.15) is 17.8 Å². The molecule has 0 spiro atoms. The van der Waals surface area contributed by atoms with E-state index in [-0.39, 0.29) is 18.1 Å². The van der Waals surface area contributed by atoms with Gasteiger partial charge < -0.3 is 41.2 Å². The molecule has 48 heavy (non-hydrogen) atoms. The highest BCUT2D eigenvalue weighted by molar-refractivity contribution is 5.90. The Morgan fingerprint density at radius 3 is 2.50 bits per heavy atom. The van der Waals surface area contributed by atoms with Crippen LogP contribution in [0.25, 0.3) is 0 Å². The summed E-state index contributed by atoms with van der Waals surface area (Å²) >= 11 is 0. The monoisotopic (exact) mass is 663 g/mol. The Morgan fingerprint density at radius 1 is 1.12 bits per heavy atom. The van der Waals surface area contributed by atoms with E-state index in [2.05, 4.69) is 37.2 Å². The normalized spacial score (nSPS) is 15.2. The van der Waals surface area contributed by atoms with E-state index in [0.717, 1.165) is 55.3 Å². The number of benzene rings is 1. The number of carbonyl (C=O) groups excluding carboxylic acids is 2. The summed E-state index contributed by atoms with van der Waals surface area (Å²) in [6.07, 6.45) is 10.7. The number of anilines is 1. The summed E-state index contributed by atoms with van der Waals surface area (Å²) in [5.41, 5.74) is 16.0. The fourth-order valence-corrected chi connectivity index (χ4v) is 6.24. The third-order valence-corrected chi connectivity index (χ3v) is 9.10. The molecule has 0 radical (unpaired) electrons. The molecule has 262 valence electrons. The third-order valence-electron chi connectivity index (χ3n) is 9.10. The van der Waals surface area contributed by atoms with Crippen LogP contribution in [-0.4, -0.2) is 74.2 Å². The molecule has 2 amide bonds. The number of rotatable bonds is 19. The van der Waals surface area contributed by atoms with Crippen LogP contribution in [0.5, 0.6) is 5.75 Å². The molecule has 1 saturated carbocycles. The molecule has 0 saturated heterocycles. The van der Waals surface area contributed by atoms with Crippen molar-refractivity contribution in [2.75, 3.05) is 26.4 Å². The highest BCUT2D eigenvalue weighted by atomic mass is 16.5. The van der Waals surface area contributed by atoms with Crippen LogP contribution in [0.15, 0.2) is 41.2 Å². The van der Waals surface area contributed by atoms with E-state index in [1.54, 1.807) is 29.1 Å². The fourth-order valence-electron chi connectivity index (χ4n) is 6.24. The zero-order valence-electron chi connectivity index (χ0n) is 28.9. The summed E-state index contributed by atoms with van der Waals surface area (Å²) in [4.78, 5) is 38.3. The lowest BCUT2D eigenvalue weighted by molar-refractivity contribution is -0.130. The molecule has 1 fully saturated rings. The van der Waals surface area contributed by atoms with E-state index in [9.17, 15) is 14.7 Å². The number of nitrogens with one attached hydrogen (secondary N) is 2. The van der Waals surface area contributed by atoms with Crippen LogP contribution in [0.4, 0.5) is 5.95 Å². The molecule has 1 aliphatic carbocycles. The number of aromatic nitrogens is 4. The van der Waals surface area contributed by atoms with Crippen molar-refractivity contribution in [1.82, 2.24) is 35.2 Å². The Kier molecular flexibility index (Phi) is 13.2. The molecule has 3 aromatic rings. The molecular weight excluding hydrogens is 610 g/mol. The van der Waals surface area contributed by atoms with Gasteiger partial charge in [-0.2, -0.15) is 4.98 Å². The smallest absolute Gasteiger partial charge is 0.249 e. The van der Waals surface area contributed by atoms with Crippen molar-refractivity contribution in [1.29, 1.82) is 0 Å². The molecule has 0 unspecified atom stereocenters. The molecule has 7 N–H and O–H groups in total. The van der Waals surface area contributed by atoms with Crippen LogP contribution >= 0.6 is 0 Å². The van der Waals surface area contributed by atoms with Gasteiger partial charge in [-0.05, 0) is 121 Å². The molecule has 2 heterocycles. The van der Waals surface area contributed by atoms with Gasteiger partial charge >= 0.3 is 0 Å². The Morgan fingerprint density at radius 2 is 1.85 bits per heavy atom. The standard InChI is InChI=1S/C35H53N9O4/c1-22-17-25(18-22)11-12-31-41-34(48-42-31)29(10-6-7-14-43(4)5)39-33(47)30(21-27-23(2)19-26(45)20-24(27)3)40-32(46)28(36)9-8-15-44-16-13-38-35(44)37/h13,16,19-20,25,28-30,45H,1,6-12,14-15,17-18,21,36H2,2-5H3,(H2,37,38)(H,39,47)(H,40,46)/t28-,29+,30+/m1/s1. The van der Waals surface area contributed by atoms with Crippen molar-refractivity contribution in [3.63, 3.8) is 0 Å². The average Bonchev–Trinajstić information content (AvgIpc) is 3.65. The number of unbranched alkanes of at least 4 members (excludes halogenated alkanes) is 1. The molecule has 0 bridgehead atoms. The van der Waals surface area contributed by atoms with Gasteiger partial charge in [-0.1, -0.05) is 17.3 Å². The number of aryl methyl sites for hydroxylation is 4. The summed E-state index contributed by atoms with van der Waals surface area (Å²) < 4.78 is 7.50. The highest BCUT2D eigenvalue weighted by Gasteiger charge is 2.30. The first-order chi connectivity index (χ1) is 22.9. The van der Waals surface area contributed by atoms with E-state index in [1.807, 2.05) is 27.9 Å². The lowest BCUT2D eigenvalue weighted by atomic mass is 9.78. The van der Waals surface area contributed by atoms with Crippen LogP contribution in [0.2, 0.25) is 0 Å².